The lowest BCUT2D eigenvalue weighted by atomic mass is 10.0. The fourth-order valence-electron chi connectivity index (χ4n) is 2.72. The fraction of sp³-hybridized carbons (Fsp3) is 0.182. The van der Waals surface area contributed by atoms with E-state index in [1.807, 2.05) is 48.7 Å². The van der Waals surface area contributed by atoms with E-state index < -0.39 is 5.97 Å². The Labute approximate surface area is 195 Å². The molecule has 1 N–H and O–H groups in total. The molecule has 3 rings (SSSR count). The van der Waals surface area contributed by atoms with Crippen molar-refractivity contribution in [1.82, 2.24) is 0 Å². The van der Waals surface area contributed by atoms with Gasteiger partial charge in [0.05, 0.1) is 6.61 Å². The van der Waals surface area contributed by atoms with Crippen molar-refractivity contribution in [2.24, 2.45) is 0 Å². The average molecular weight is 553 g/mol. The van der Waals surface area contributed by atoms with Gasteiger partial charge in [0.1, 0.15) is 16.3 Å². The lowest BCUT2D eigenvalue weighted by Gasteiger charge is -2.10. The van der Waals surface area contributed by atoms with Crippen LogP contribution in [0, 0.1) is 6.92 Å². The zero-order chi connectivity index (χ0) is 21.7. The lowest BCUT2D eigenvalue weighted by Crippen LogP contribution is -2.21. The van der Waals surface area contributed by atoms with E-state index in [0.29, 0.717) is 21.9 Å². The molecular formula is C22H19Br2NO4S. The molecule has 1 aromatic heterocycles. The molecule has 0 atom stereocenters. The van der Waals surface area contributed by atoms with E-state index in [1.165, 1.54) is 11.3 Å². The molecule has 156 valence electrons. The van der Waals surface area contributed by atoms with Crippen molar-refractivity contribution < 1.29 is 19.1 Å². The molecule has 5 nitrogen and oxygen atoms in total. The summed E-state index contributed by atoms with van der Waals surface area (Å²) in [6, 6.07) is 13.1. The van der Waals surface area contributed by atoms with Gasteiger partial charge in [0.15, 0.2) is 6.61 Å². The highest BCUT2D eigenvalue weighted by atomic mass is 79.9. The number of carbonyl (C=O) groups excluding carboxylic acids is 2. The predicted octanol–water partition coefficient (Wildman–Crippen LogP) is 6.44. The highest BCUT2D eigenvalue weighted by molar-refractivity contribution is 9.10. The minimum Gasteiger partial charge on any atom is -0.484 e. The van der Waals surface area contributed by atoms with Crippen LogP contribution in [0.5, 0.6) is 5.75 Å². The highest BCUT2D eigenvalue weighted by Crippen LogP contribution is 2.36. The van der Waals surface area contributed by atoms with E-state index >= 15 is 0 Å². The molecule has 2 aromatic carbocycles. The van der Waals surface area contributed by atoms with Crippen LogP contribution in [-0.4, -0.2) is 25.1 Å². The van der Waals surface area contributed by atoms with Crippen molar-refractivity contribution in [2.75, 3.05) is 18.5 Å². The zero-order valence-corrected chi connectivity index (χ0v) is 20.3. The summed E-state index contributed by atoms with van der Waals surface area (Å²) in [5, 5.41) is 5.06. The smallest absolute Gasteiger partial charge is 0.341 e. The van der Waals surface area contributed by atoms with Crippen LogP contribution in [0.3, 0.4) is 0 Å². The molecule has 0 bridgehead atoms. The Morgan fingerprint density at radius 3 is 2.50 bits per heavy atom. The van der Waals surface area contributed by atoms with Gasteiger partial charge in [-0.3, -0.25) is 4.79 Å². The van der Waals surface area contributed by atoms with Crippen LogP contribution >= 0.6 is 43.2 Å². The van der Waals surface area contributed by atoms with Gasteiger partial charge in [0.25, 0.3) is 5.91 Å². The first-order valence-electron chi connectivity index (χ1n) is 9.12. The number of ether oxygens (including phenoxy) is 2. The molecule has 0 aliphatic heterocycles. The maximum absolute atomic E-state index is 12.6. The van der Waals surface area contributed by atoms with Gasteiger partial charge in [-0.05, 0) is 55.3 Å². The van der Waals surface area contributed by atoms with Crippen LogP contribution in [0.1, 0.15) is 22.8 Å². The number of carbonyl (C=O) groups is 2. The fourth-order valence-corrected chi connectivity index (χ4v) is 4.20. The molecule has 0 saturated heterocycles. The maximum atomic E-state index is 12.6. The summed E-state index contributed by atoms with van der Waals surface area (Å²) in [7, 11) is 0. The van der Waals surface area contributed by atoms with Crippen LogP contribution < -0.4 is 10.1 Å². The first-order chi connectivity index (χ1) is 14.4. The Balaban J connectivity index is 1.78. The maximum Gasteiger partial charge on any atom is 0.341 e. The molecule has 0 aliphatic carbocycles. The van der Waals surface area contributed by atoms with E-state index in [0.717, 1.165) is 20.1 Å². The molecule has 1 amide bonds. The topological polar surface area (TPSA) is 64.6 Å². The van der Waals surface area contributed by atoms with Crippen LogP contribution in [-0.2, 0) is 9.53 Å². The molecular weight excluding hydrogens is 534 g/mol. The van der Waals surface area contributed by atoms with E-state index in [1.54, 1.807) is 13.0 Å². The number of benzene rings is 2. The number of esters is 1. The molecule has 1 heterocycles. The molecule has 0 aliphatic rings. The molecule has 0 radical (unpaired) electrons. The Bertz CT molecular complexity index is 1060. The molecule has 8 heteroatoms. The highest BCUT2D eigenvalue weighted by Gasteiger charge is 2.23. The van der Waals surface area contributed by atoms with Gasteiger partial charge in [0.2, 0.25) is 0 Å². The molecule has 30 heavy (non-hydrogen) atoms. The standard InChI is InChI=1S/C22H19Br2NO4S/c1-3-28-22(27)20-17(14-4-6-15(23)7-5-14)12-30-21(20)25-19(26)11-29-16-8-9-18(24)13(2)10-16/h4-10,12H,3,11H2,1-2H3,(H,25,26). The van der Waals surface area contributed by atoms with Gasteiger partial charge in [-0.25, -0.2) is 4.79 Å². The normalized spacial score (nSPS) is 10.5. The van der Waals surface area contributed by atoms with E-state index in [-0.39, 0.29) is 19.1 Å². The van der Waals surface area contributed by atoms with E-state index in [9.17, 15) is 9.59 Å². The second kappa shape index (κ2) is 10.2. The lowest BCUT2D eigenvalue weighted by molar-refractivity contribution is -0.118. The van der Waals surface area contributed by atoms with Crippen molar-refractivity contribution in [3.05, 3.63) is 67.9 Å². The van der Waals surface area contributed by atoms with Crippen LogP contribution in [0.2, 0.25) is 0 Å². The summed E-state index contributed by atoms with van der Waals surface area (Å²) in [5.74, 6) is -0.236. The third kappa shape index (κ3) is 5.50. The number of halogens is 2. The van der Waals surface area contributed by atoms with Crippen LogP contribution in [0.4, 0.5) is 5.00 Å². The van der Waals surface area contributed by atoms with Crippen molar-refractivity contribution in [1.29, 1.82) is 0 Å². The van der Waals surface area contributed by atoms with E-state index in [4.69, 9.17) is 9.47 Å². The molecule has 0 unspecified atom stereocenters. The number of thiophene rings is 1. The quantitative estimate of drug-likeness (QED) is 0.342. The van der Waals surface area contributed by atoms with E-state index in [2.05, 4.69) is 37.2 Å². The summed E-state index contributed by atoms with van der Waals surface area (Å²) in [5.41, 5.74) is 2.93. The number of amides is 1. The zero-order valence-electron chi connectivity index (χ0n) is 16.3. The average Bonchev–Trinajstić information content (AvgIpc) is 3.13. The van der Waals surface area contributed by atoms with Crippen molar-refractivity contribution in [3.63, 3.8) is 0 Å². The largest absolute Gasteiger partial charge is 0.484 e. The Morgan fingerprint density at radius 2 is 1.83 bits per heavy atom. The van der Waals surface area contributed by atoms with Gasteiger partial charge in [-0.15, -0.1) is 11.3 Å². The second-order valence-electron chi connectivity index (χ2n) is 6.33. The molecule has 0 fully saturated rings. The first kappa shape index (κ1) is 22.5. The van der Waals surface area contributed by atoms with Gasteiger partial charge < -0.3 is 14.8 Å². The summed E-state index contributed by atoms with van der Waals surface area (Å²) in [6.45, 7) is 3.76. The van der Waals surface area contributed by atoms with Gasteiger partial charge in [0, 0.05) is 19.9 Å². The van der Waals surface area contributed by atoms with Crippen LogP contribution in [0.15, 0.2) is 56.8 Å². The Hall–Kier alpha value is -2.16. The third-order valence-electron chi connectivity index (χ3n) is 4.18. The summed E-state index contributed by atoms with van der Waals surface area (Å²) in [6.07, 6.45) is 0. The monoisotopic (exact) mass is 551 g/mol. The Kier molecular flexibility index (Phi) is 7.69. The van der Waals surface area contributed by atoms with Crippen molar-refractivity contribution >= 4 is 60.1 Å². The number of nitrogens with one attached hydrogen (secondary N) is 1. The SMILES string of the molecule is CCOC(=O)c1c(-c2ccc(Br)cc2)csc1NC(=O)COc1ccc(Br)c(C)c1. The van der Waals surface area contributed by atoms with Gasteiger partial charge in [-0.2, -0.15) is 0 Å². The van der Waals surface area contributed by atoms with Gasteiger partial charge in [-0.1, -0.05) is 44.0 Å². The molecule has 3 aromatic rings. The summed E-state index contributed by atoms with van der Waals surface area (Å²) >= 11 is 8.12. The first-order valence-corrected chi connectivity index (χ1v) is 11.6. The number of anilines is 1. The Morgan fingerprint density at radius 1 is 1.10 bits per heavy atom. The number of aryl methyl sites for hydroxylation is 1. The van der Waals surface area contributed by atoms with Crippen molar-refractivity contribution in [2.45, 2.75) is 13.8 Å². The van der Waals surface area contributed by atoms with Crippen LogP contribution in [0.25, 0.3) is 11.1 Å². The van der Waals surface area contributed by atoms with Crippen molar-refractivity contribution in [3.8, 4) is 16.9 Å². The minimum atomic E-state index is -0.476. The molecule has 0 spiro atoms. The number of rotatable bonds is 7. The molecule has 0 saturated carbocycles. The number of hydrogen-bond acceptors (Lipinski definition) is 5. The third-order valence-corrected chi connectivity index (χ3v) is 6.49. The van der Waals surface area contributed by atoms with Gasteiger partial charge >= 0.3 is 5.97 Å². The predicted molar refractivity (Wildman–Crippen MR) is 126 cm³/mol. The summed E-state index contributed by atoms with van der Waals surface area (Å²) in [4.78, 5) is 25.1. The minimum absolute atomic E-state index is 0.172. The number of hydrogen-bond donors (Lipinski definition) is 1. The summed E-state index contributed by atoms with van der Waals surface area (Å²) < 4.78 is 12.7. The second-order valence-corrected chi connectivity index (χ2v) is 8.98.